The van der Waals surface area contributed by atoms with Crippen LogP contribution in [0.3, 0.4) is 0 Å². The van der Waals surface area contributed by atoms with Gasteiger partial charge >= 0.3 is 0 Å². The monoisotopic (exact) mass is 489 g/mol. The molecule has 0 aliphatic heterocycles. The molecule has 0 unspecified atom stereocenters. The van der Waals surface area contributed by atoms with E-state index >= 15 is 0 Å². The predicted octanol–water partition coefficient (Wildman–Crippen LogP) is 6.23. The first kappa shape index (κ1) is 23.9. The number of hydrogen-bond acceptors (Lipinski definition) is 4. The zero-order valence-corrected chi connectivity index (χ0v) is 20.5. The van der Waals surface area contributed by atoms with Crippen LogP contribution in [0.5, 0.6) is 11.5 Å². The summed E-state index contributed by atoms with van der Waals surface area (Å²) < 4.78 is 7.34. The van der Waals surface area contributed by atoms with E-state index in [1.54, 1.807) is 12.1 Å². The average Bonchev–Trinajstić information content (AvgIpc) is 3.28. The van der Waals surface area contributed by atoms with E-state index in [-0.39, 0.29) is 18.1 Å². The Morgan fingerprint density at radius 3 is 2.32 bits per heavy atom. The highest BCUT2D eigenvalue weighted by Crippen LogP contribution is 2.41. The van der Waals surface area contributed by atoms with Crippen LogP contribution in [-0.2, 0) is 11.3 Å². The molecular formula is C31H27N3O3. The normalized spacial score (nSPS) is 11.2. The number of fused-ring (bicyclic) bond motifs is 1. The number of hydrogen-bond donors (Lipinski definition) is 2. The summed E-state index contributed by atoms with van der Waals surface area (Å²) in [6, 6.07) is 33.8. The van der Waals surface area contributed by atoms with Gasteiger partial charge in [-0.1, -0.05) is 78.9 Å². The van der Waals surface area contributed by atoms with E-state index in [1.165, 1.54) is 19.4 Å². The molecule has 0 aliphatic carbocycles. The van der Waals surface area contributed by atoms with Crippen molar-refractivity contribution in [1.29, 1.82) is 0 Å². The highest BCUT2D eigenvalue weighted by molar-refractivity contribution is 6.04. The largest absolute Gasteiger partial charge is 0.504 e. The van der Waals surface area contributed by atoms with Gasteiger partial charge in [0, 0.05) is 29.4 Å². The van der Waals surface area contributed by atoms with Crippen LogP contribution in [-0.4, -0.2) is 28.9 Å². The van der Waals surface area contributed by atoms with Crippen molar-refractivity contribution in [2.75, 3.05) is 7.11 Å². The molecule has 0 spiro atoms. The lowest BCUT2D eigenvalue weighted by Gasteiger charge is -2.13. The van der Waals surface area contributed by atoms with Crippen molar-refractivity contribution >= 4 is 23.0 Å². The molecule has 4 aromatic carbocycles. The van der Waals surface area contributed by atoms with Crippen LogP contribution in [0.2, 0.25) is 0 Å². The third-order valence-corrected chi connectivity index (χ3v) is 6.25. The summed E-state index contributed by atoms with van der Waals surface area (Å²) in [6.07, 6.45) is 1.77. The van der Waals surface area contributed by atoms with Crippen molar-refractivity contribution in [1.82, 2.24) is 9.99 Å². The zero-order chi connectivity index (χ0) is 25.6. The average molecular weight is 490 g/mol. The fourth-order valence-electron chi connectivity index (χ4n) is 4.55. The van der Waals surface area contributed by atoms with Gasteiger partial charge in [-0.2, -0.15) is 5.10 Å². The number of nitrogens with zero attached hydrogens (tertiary/aromatic N) is 2. The Balaban J connectivity index is 1.44. The first-order valence-electron chi connectivity index (χ1n) is 12.1. The second-order valence-corrected chi connectivity index (χ2v) is 8.60. The number of ether oxygens (including phenoxy) is 1. The first-order chi connectivity index (χ1) is 18.2. The molecule has 6 heteroatoms. The minimum Gasteiger partial charge on any atom is -0.504 e. The van der Waals surface area contributed by atoms with E-state index in [0.29, 0.717) is 17.9 Å². The molecule has 0 fully saturated rings. The number of nitrogens with one attached hydrogen (secondary N) is 1. The van der Waals surface area contributed by atoms with E-state index in [0.717, 1.165) is 33.3 Å². The van der Waals surface area contributed by atoms with Crippen molar-refractivity contribution < 1.29 is 14.6 Å². The summed E-state index contributed by atoms with van der Waals surface area (Å²) >= 11 is 0. The summed E-state index contributed by atoms with van der Waals surface area (Å²) in [4.78, 5) is 12.7. The predicted molar refractivity (Wildman–Crippen MR) is 148 cm³/mol. The third kappa shape index (κ3) is 5.09. The highest BCUT2D eigenvalue weighted by atomic mass is 16.5. The summed E-state index contributed by atoms with van der Waals surface area (Å²) in [5.74, 6) is 0.198. The number of carbonyl (C=O) groups excluding carboxylic acids is 1. The number of rotatable bonds is 8. The molecule has 37 heavy (non-hydrogen) atoms. The Kier molecular flexibility index (Phi) is 6.99. The number of amides is 1. The minimum absolute atomic E-state index is 0.0479. The van der Waals surface area contributed by atoms with Gasteiger partial charge in [0.2, 0.25) is 5.91 Å². The maximum absolute atomic E-state index is 12.7. The van der Waals surface area contributed by atoms with E-state index < -0.39 is 0 Å². The van der Waals surface area contributed by atoms with Gasteiger partial charge in [0.05, 0.1) is 19.0 Å². The van der Waals surface area contributed by atoms with Crippen molar-refractivity contribution in [3.8, 4) is 33.9 Å². The van der Waals surface area contributed by atoms with Crippen LogP contribution in [0.25, 0.3) is 33.3 Å². The number of hydrazone groups is 1. The fraction of sp³-hybridized carbons (Fsp3) is 0.0968. The number of phenolic OH excluding ortho intramolecular Hbond substituents is 1. The zero-order valence-electron chi connectivity index (χ0n) is 20.5. The lowest BCUT2D eigenvalue weighted by Crippen LogP contribution is -2.19. The first-order valence-corrected chi connectivity index (χ1v) is 12.1. The molecule has 0 atom stereocenters. The topological polar surface area (TPSA) is 75.8 Å². The van der Waals surface area contributed by atoms with Crippen LogP contribution >= 0.6 is 0 Å². The Morgan fingerprint density at radius 2 is 1.59 bits per heavy atom. The van der Waals surface area contributed by atoms with Gasteiger partial charge in [-0.25, -0.2) is 5.43 Å². The fourth-order valence-corrected chi connectivity index (χ4v) is 4.55. The Morgan fingerprint density at radius 1 is 0.919 bits per heavy atom. The molecule has 184 valence electrons. The lowest BCUT2D eigenvalue weighted by molar-refractivity contribution is -0.121. The minimum atomic E-state index is -0.194. The van der Waals surface area contributed by atoms with Crippen molar-refractivity contribution in [2.45, 2.75) is 13.0 Å². The lowest BCUT2D eigenvalue weighted by atomic mass is 9.98. The standard InChI is InChI=1S/C31H27N3O3/c1-37-28-20-22(16-17-27(28)35)21-32-33-29(36)18-19-34-26-15-9-8-14-25(26)30(23-10-4-2-5-11-23)31(34)24-12-6-3-7-13-24/h2-17,20-21,35H,18-19H2,1H3,(H,33,36)/b32-21-. The smallest absolute Gasteiger partial charge is 0.241 e. The van der Waals surface area contributed by atoms with Gasteiger partial charge < -0.3 is 14.4 Å². The molecule has 0 bridgehead atoms. The van der Waals surface area contributed by atoms with Gasteiger partial charge in [-0.15, -0.1) is 0 Å². The number of aryl methyl sites for hydroxylation is 1. The molecule has 6 nitrogen and oxygen atoms in total. The molecule has 2 N–H and O–H groups in total. The van der Waals surface area contributed by atoms with Crippen LogP contribution in [0.4, 0.5) is 0 Å². The molecule has 5 aromatic rings. The number of carbonyl (C=O) groups is 1. The second-order valence-electron chi connectivity index (χ2n) is 8.60. The van der Waals surface area contributed by atoms with E-state index in [1.807, 2.05) is 48.5 Å². The summed E-state index contributed by atoms with van der Waals surface area (Å²) in [7, 11) is 1.48. The van der Waals surface area contributed by atoms with E-state index in [4.69, 9.17) is 4.74 Å². The molecule has 5 rings (SSSR count). The molecule has 1 heterocycles. The van der Waals surface area contributed by atoms with Crippen LogP contribution in [0.1, 0.15) is 12.0 Å². The van der Waals surface area contributed by atoms with Gasteiger partial charge in [-0.05, 0) is 41.0 Å². The summed E-state index contributed by atoms with van der Waals surface area (Å²) in [5.41, 5.74) is 8.86. The molecular weight excluding hydrogens is 462 g/mol. The van der Waals surface area contributed by atoms with E-state index in [2.05, 4.69) is 51.5 Å². The third-order valence-electron chi connectivity index (χ3n) is 6.25. The maximum Gasteiger partial charge on any atom is 0.241 e. The second kappa shape index (κ2) is 10.8. The molecule has 0 aliphatic rings. The Labute approximate surface area is 215 Å². The van der Waals surface area contributed by atoms with Crippen molar-refractivity contribution in [3.63, 3.8) is 0 Å². The van der Waals surface area contributed by atoms with Crippen LogP contribution in [0, 0.1) is 0 Å². The molecule has 0 radical (unpaired) electrons. The SMILES string of the molecule is COc1cc(/C=N\NC(=O)CCn2c(-c3ccccc3)c(-c3ccccc3)c3ccccc32)ccc1O. The van der Waals surface area contributed by atoms with E-state index in [9.17, 15) is 9.90 Å². The van der Waals surface area contributed by atoms with Crippen molar-refractivity contribution in [2.24, 2.45) is 5.10 Å². The van der Waals surface area contributed by atoms with Gasteiger partial charge in [0.1, 0.15) is 0 Å². The Hall–Kier alpha value is -4.84. The molecule has 1 aromatic heterocycles. The molecule has 1 amide bonds. The quantitative estimate of drug-likeness (QED) is 0.200. The number of phenols is 1. The summed E-state index contributed by atoms with van der Waals surface area (Å²) in [5, 5.41) is 15.0. The van der Waals surface area contributed by atoms with Gasteiger partial charge in [0.15, 0.2) is 11.5 Å². The number of aromatic nitrogens is 1. The van der Waals surface area contributed by atoms with Crippen molar-refractivity contribution in [3.05, 3.63) is 109 Å². The number of aromatic hydroxyl groups is 1. The van der Waals surface area contributed by atoms with Crippen LogP contribution in [0.15, 0.2) is 108 Å². The Bertz CT molecular complexity index is 1560. The summed E-state index contributed by atoms with van der Waals surface area (Å²) in [6.45, 7) is 0.492. The molecule has 0 saturated heterocycles. The number of benzene rings is 4. The maximum atomic E-state index is 12.7. The van der Waals surface area contributed by atoms with Gasteiger partial charge in [0.25, 0.3) is 0 Å². The van der Waals surface area contributed by atoms with Gasteiger partial charge in [-0.3, -0.25) is 4.79 Å². The molecule has 0 saturated carbocycles. The van der Waals surface area contributed by atoms with Crippen LogP contribution < -0.4 is 10.2 Å². The number of para-hydroxylation sites is 1. The highest BCUT2D eigenvalue weighted by Gasteiger charge is 2.20. The number of methoxy groups -OCH3 is 1.